The zero-order chi connectivity index (χ0) is 11.1. The Morgan fingerprint density at radius 3 is 2.80 bits per heavy atom. The zero-order valence-corrected chi connectivity index (χ0v) is 9.50. The Morgan fingerprint density at radius 2 is 2.27 bits per heavy atom. The Hall–Kier alpha value is -1.04. The molecule has 0 radical (unpaired) electrons. The molecule has 5 nitrogen and oxygen atoms in total. The second kappa shape index (κ2) is 3.52. The second-order valence-electron chi connectivity index (χ2n) is 3.97. The van der Waals surface area contributed by atoms with E-state index in [1.807, 2.05) is 0 Å². The zero-order valence-electron chi connectivity index (χ0n) is 8.68. The Bertz CT molecular complexity index is 444. The summed E-state index contributed by atoms with van der Waals surface area (Å²) in [6.45, 7) is 0. The van der Waals surface area contributed by atoms with Crippen LogP contribution in [-0.4, -0.2) is 24.0 Å². The van der Waals surface area contributed by atoms with Crippen LogP contribution in [0.5, 0.6) is 0 Å². The summed E-state index contributed by atoms with van der Waals surface area (Å²) in [6, 6.07) is 1.66. The van der Waals surface area contributed by atoms with E-state index in [0.29, 0.717) is 17.9 Å². The smallest absolute Gasteiger partial charge is 0.158 e. The van der Waals surface area contributed by atoms with E-state index in [2.05, 4.69) is 5.10 Å². The molecular formula is C9H15N3O2S. The minimum Gasteiger partial charge on any atom is -0.384 e. The summed E-state index contributed by atoms with van der Waals surface area (Å²) in [5.41, 5.74) is 6.23. The maximum absolute atomic E-state index is 11.8. The maximum Gasteiger partial charge on any atom is 0.158 e. The summed E-state index contributed by atoms with van der Waals surface area (Å²) < 4.78 is 25.1. The highest BCUT2D eigenvalue weighted by molar-refractivity contribution is 7.91. The molecule has 0 aliphatic carbocycles. The summed E-state index contributed by atoms with van der Waals surface area (Å²) >= 11 is 0. The van der Waals surface area contributed by atoms with E-state index in [1.165, 1.54) is 4.68 Å². The van der Waals surface area contributed by atoms with Crippen molar-refractivity contribution < 1.29 is 8.42 Å². The average Bonchev–Trinajstić information content (AvgIpc) is 2.46. The van der Waals surface area contributed by atoms with Crippen molar-refractivity contribution in [3.8, 4) is 0 Å². The van der Waals surface area contributed by atoms with E-state index in [4.69, 9.17) is 5.73 Å². The molecule has 2 heterocycles. The van der Waals surface area contributed by atoms with Crippen LogP contribution in [0.1, 0.15) is 30.2 Å². The lowest BCUT2D eigenvalue weighted by atomic mass is 10.1. The van der Waals surface area contributed by atoms with E-state index in [1.54, 1.807) is 13.1 Å². The number of nitrogens with zero attached hydrogens (tertiary/aromatic N) is 2. The molecule has 1 unspecified atom stereocenters. The summed E-state index contributed by atoms with van der Waals surface area (Å²) in [4.78, 5) is 0. The molecule has 6 heteroatoms. The second-order valence-corrected chi connectivity index (χ2v) is 6.27. The van der Waals surface area contributed by atoms with Gasteiger partial charge in [-0.25, -0.2) is 8.42 Å². The molecule has 2 N–H and O–H groups in total. The first-order valence-electron chi connectivity index (χ1n) is 5.02. The van der Waals surface area contributed by atoms with E-state index in [9.17, 15) is 8.42 Å². The predicted molar refractivity (Wildman–Crippen MR) is 58.0 cm³/mol. The fourth-order valence-corrected chi connectivity index (χ4v) is 3.85. The molecule has 0 bridgehead atoms. The van der Waals surface area contributed by atoms with Crippen LogP contribution in [0.25, 0.3) is 0 Å². The SMILES string of the molecule is Cn1nc(C2CCCCS2(=O)=O)cc1N. The molecule has 1 saturated heterocycles. The number of aromatic nitrogens is 2. The number of nitrogen functional groups attached to an aromatic ring is 1. The van der Waals surface area contributed by atoms with Gasteiger partial charge < -0.3 is 5.73 Å². The Balaban J connectivity index is 2.37. The van der Waals surface area contributed by atoms with Crippen LogP contribution in [0.3, 0.4) is 0 Å². The van der Waals surface area contributed by atoms with Gasteiger partial charge >= 0.3 is 0 Å². The molecule has 1 aliphatic rings. The van der Waals surface area contributed by atoms with Gasteiger partial charge in [-0.15, -0.1) is 0 Å². The minimum absolute atomic E-state index is 0.272. The third kappa shape index (κ3) is 1.86. The van der Waals surface area contributed by atoms with Crippen LogP contribution in [0.4, 0.5) is 5.82 Å². The van der Waals surface area contributed by atoms with E-state index >= 15 is 0 Å². The van der Waals surface area contributed by atoms with E-state index < -0.39 is 15.1 Å². The molecule has 0 saturated carbocycles. The van der Waals surface area contributed by atoms with Crippen molar-refractivity contribution in [2.24, 2.45) is 7.05 Å². The molecule has 1 aromatic heterocycles. The van der Waals surface area contributed by atoms with Crippen LogP contribution in [-0.2, 0) is 16.9 Å². The van der Waals surface area contributed by atoms with Crippen LogP contribution in [0.15, 0.2) is 6.07 Å². The first kappa shape index (κ1) is 10.5. The molecule has 1 aliphatic heterocycles. The number of hydrogen-bond donors (Lipinski definition) is 1. The highest BCUT2D eigenvalue weighted by Gasteiger charge is 2.32. The van der Waals surface area contributed by atoms with Crippen molar-refractivity contribution in [2.75, 3.05) is 11.5 Å². The first-order chi connectivity index (χ1) is 7.00. The Kier molecular flexibility index (Phi) is 2.46. The van der Waals surface area contributed by atoms with Gasteiger partial charge in [-0.2, -0.15) is 5.10 Å². The van der Waals surface area contributed by atoms with Gasteiger partial charge in [0.15, 0.2) is 9.84 Å². The van der Waals surface area contributed by atoms with Gasteiger partial charge in [-0.1, -0.05) is 6.42 Å². The molecule has 84 valence electrons. The summed E-state index contributed by atoms with van der Waals surface area (Å²) in [6.07, 6.45) is 2.38. The maximum atomic E-state index is 11.8. The van der Waals surface area contributed by atoms with Crippen molar-refractivity contribution in [1.82, 2.24) is 9.78 Å². The molecule has 0 spiro atoms. The van der Waals surface area contributed by atoms with Crippen molar-refractivity contribution >= 4 is 15.7 Å². The summed E-state index contributed by atoms with van der Waals surface area (Å²) in [5, 5.41) is 3.69. The lowest BCUT2D eigenvalue weighted by molar-refractivity contribution is 0.540. The number of rotatable bonds is 1. The van der Waals surface area contributed by atoms with Crippen LogP contribution < -0.4 is 5.73 Å². The number of hydrogen-bond acceptors (Lipinski definition) is 4. The largest absolute Gasteiger partial charge is 0.384 e. The number of sulfone groups is 1. The third-order valence-electron chi connectivity index (χ3n) is 2.84. The monoisotopic (exact) mass is 229 g/mol. The van der Waals surface area contributed by atoms with Crippen molar-refractivity contribution in [1.29, 1.82) is 0 Å². The molecule has 2 rings (SSSR count). The fraction of sp³-hybridized carbons (Fsp3) is 0.667. The lowest BCUT2D eigenvalue weighted by Crippen LogP contribution is -2.22. The molecular weight excluding hydrogens is 214 g/mol. The van der Waals surface area contributed by atoms with Crippen molar-refractivity contribution in [3.63, 3.8) is 0 Å². The summed E-state index contributed by atoms with van der Waals surface area (Å²) in [7, 11) is -1.29. The first-order valence-corrected chi connectivity index (χ1v) is 6.73. The minimum atomic E-state index is -3.01. The van der Waals surface area contributed by atoms with Gasteiger partial charge in [0.05, 0.1) is 11.4 Å². The van der Waals surface area contributed by atoms with E-state index in [-0.39, 0.29) is 5.75 Å². The lowest BCUT2D eigenvalue weighted by Gasteiger charge is -2.20. The van der Waals surface area contributed by atoms with Gasteiger partial charge in [0.2, 0.25) is 0 Å². The van der Waals surface area contributed by atoms with Crippen molar-refractivity contribution in [2.45, 2.75) is 24.5 Å². The fourth-order valence-electron chi connectivity index (χ4n) is 1.95. The molecule has 1 atom stereocenters. The van der Waals surface area contributed by atoms with Crippen LogP contribution >= 0.6 is 0 Å². The van der Waals surface area contributed by atoms with E-state index in [0.717, 1.165) is 12.8 Å². The Morgan fingerprint density at radius 1 is 1.53 bits per heavy atom. The van der Waals surface area contributed by atoms with Gasteiger partial charge in [0.25, 0.3) is 0 Å². The average molecular weight is 229 g/mol. The topological polar surface area (TPSA) is 78.0 Å². The van der Waals surface area contributed by atoms with Crippen LogP contribution in [0.2, 0.25) is 0 Å². The normalized spacial score (nSPS) is 25.3. The number of nitrogens with two attached hydrogens (primary N) is 1. The third-order valence-corrected chi connectivity index (χ3v) is 5.05. The van der Waals surface area contributed by atoms with Gasteiger partial charge in [0.1, 0.15) is 11.1 Å². The number of anilines is 1. The molecule has 1 fully saturated rings. The predicted octanol–water partition coefficient (Wildman–Crippen LogP) is 0.642. The van der Waals surface area contributed by atoms with Gasteiger partial charge in [0, 0.05) is 13.1 Å². The molecule has 0 aromatic carbocycles. The van der Waals surface area contributed by atoms with Crippen molar-refractivity contribution in [3.05, 3.63) is 11.8 Å². The van der Waals surface area contributed by atoms with Gasteiger partial charge in [-0.05, 0) is 12.8 Å². The standard InChI is InChI=1S/C9H15N3O2S/c1-12-9(10)6-7(11-12)8-4-2-3-5-15(8,13)14/h6,8H,2-5,10H2,1H3. The molecule has 1 aromatic rings. The molecule has 15 heavy (non-hydrogen) atoms. The van der Waals surface area contributed by atoms with Crippen LogP contribution in [0, 0.1) is 0 Å². The highest BCUT2D eigenvalue weighted by atomic mass is 32.2. The quantitative estimate of drug-likeness (QED) is 0.766. The van der Waals surface area contributed by atoms with Gasteiger partial charge in [-0.3, -0.25) is 4.68 Å². The Labute approximate surface area is 89.2 Å². The number of aryl methyl sites for hydroxylation is 1. The summed E-state index contributed by atoms with van der Waals surface area (Å²) in [5.74, 6) is 0.777. The highest BCUT2D eigenvalue weighted by Crippen LogP contribution is 2.32. The molecule has 0 amide bonds.